The molecule has 0 saturated carbocycles. The zero-order valence-electron chi connectivity index (χ0n) is 24.3. The number of nitrogens with zero attached hydrogens (tertiary/aromatic N) is 5. The third-order valence-electron chi connectivity index (χ3n) is 6.59. The van der Waals surface area contributed by atoms with Gasteiger partial charge in [0.25, 0.3) is 5.89 Å². The Balaban J connectivity index is 1.32. The fourth-order valence-electron chi connectivity index (χ4n) is 4.42. The molecule has 10 nitrogen and oxygen atoms in total. The van der Waals surface area contributed by atoms with Crippen molar-refractivity contribution in [3.8, 4) is 28.6 Å². The van der Waals surface area contributed by atoms with E-state index in [0.29, 0.717) is 11.3 Å². The fourth-order valence-corrected chi connectivity index (χ4v) is 5.28. The lowest BCUT2D eigenvalue weighted by atomic mass is 9.99. The molecule has 0 bridgehead atoms. The first-order chi connectivity index (χ1) is 21.3. The monoisotopic (exact) mass is 642 g/mol. The van der Waals surface area contributed by atoms with E-state index in [4.69, 9.17) is 4.52 Å². The van der Waals surface area contributed by atoms with E-state index >= 15 is 4.39 Å². The van der Waals surface area contributed by atoms with E-state index in [1.54, 1.807) is 0 Å². The van der Waals surface area contributed by atoms with Crippen molar-refractivity contribution in [1.82, 2.24) is 10.1 Å². The number of aromatic nitrogens is 2. The minimum atomic E-state index is -4.83. The maximum Gasteiger partial charge on any atom is 0.573 e. The molecule has 45 heavy (non-hydrogen) atoms. The number of amidine groups is 1. The lowest BCUT2D eigenvalue weighted by molar-refractivity contribution is -0.274. The Kier molecular flexibility index (Phi) is 8.82. The number of urea groups is 1. The number of thioether (sulfide) groups is 1. The van der Waals surface area contributed by atoms with E-state index in [2.05, 4.69) is 25.2 Å². The van der Waals surface area contributed by atoms with Gasteiger partial charge in [-0.15, -0.1) is 13.2 Å². The number of alkyl halides is 3. The number of carbonyl (C=O) groups excluding carboxylic acids is 2. The van der Waals surface area contributed by atoms with Crippen molar-refractivity contribution < 1.29 is 36.4 Å². The largest absolute Gasteiger partial charge is 0.573 e. The second-order valence-corrected chi connectivity index (χ2v) is 11.3. The summed E-state index contributed by atoms with van der Waals surface area (Å²) in [5.41, 5.74) is 2.76. The van der Waals surface area contributed by atoms with Gasteiger partial charge < -0.3 is 19.5 Å². The highest BCUT2D eigenvalue weighted by Crippen LogP contribution is 2.36. The van der Waals surface area contributed by atoms with Gasteiger partial charge in [-0.25, -0.2) is 9.18 Å². The molecule has 234 valence electrons. The van der Waals surface area contributed by atoms with Crippen LogP contribution in [0.15, 0.2) is 70.2 Å². The zero-order chi connectivity index (χ0) is 32.5. The highest BCUT2D eigenvalue weighted by atomic mass is 32.2. The molecule has 0 spiro atoms. The van der Waals surface area contributed by atoms with Crippen LogP contribution in [0.5, 0.6) is 5.75 Å². The summed E-state index contributed by atoms with van der Waals surface area (Å²) in [5, 5.41) is 6.37. The molecule has 0 unspecified atom stereocenters. The average Bonchev–Trinajstić information content (AvgIpc) is 3.60. The molecule has 1 N–H and O–H groups in total. The van der Waals surface area contributed by atoms with Crippen LogP contribution < -0.4 is 19.9 Å². The van der Waals surface area contributed by atoms with Crippen LogP contribution in [0, 0.1) is 5.82 Å². The fraction of sp³-hybridized carbons (Fsp3) is 0.233. The Morgan fingerprint density at radius 3 is 2.44 bits per heavy atom. The molecule has 1 saturated heterocycles. The first-order valence-corrected chi connectivity index (χ1v) is 14.4. The van der Waals surface area contributed by atoms with Gasteiger partial charge in [0.2, 0.25) is 11.7 Å². The molecule has 2 heterocycles. The van der Waals surface area contributed by atoms with Crippen LogP contribution in [-0.4, -0.2) is 53.5 Å². The Morgan fingerprint density at radius 2 is 1.80 bits per heavy atom. The quantitative estimate of drug-likeness (QED) is 0.209. The summed E-state index contributed by atoms with van der Waals surface area (Å²) in [5.74, 6) is -1.28. The lowest BCUT2D eigenvalue weighted by Gasteiger charge is -2.24. The third-order valence-corrected chi connectivity index (χ3v) is 7.51. The Bertz CT molecular complexity index is 1770. The van der Waals surface area contributed by atoms with Crippen LogP contribution in [0.2, 0.25) is 0 Å². The number of halogens is 4. The second-order valence-electron chi connectivity index (χ2n) is 10.3. The molecule has 15 heteroatoms. The molecule has 3 amide bonds. The zero-order valence-corrected chi connectivity index (χ0v) is 25.2. The van der Waals surface area contributed by atoms with Crippen LogP contribution in [-0.2, 0) is 4.79 Å². The van der Waals surface area contributed by atoms with E-state index in [-0.39, 0.29) is 45.7 Å². The molecular weight excluding hydrogens is 616 g/mol. The van der Waals surface area contributed by atoms with E-state index in [1.165, 1.54) is 29.2 Å². The Hall–Kier alpha value is -4.92. The summed E-state index contributed by atoms with van der Waals surface area (Å²) in [7, 11) is 3.76. The summed E-state index contributed by atoms with van der Waals surface area (Å²) in [6, 6.07) is 13.5. The normalized spacial score (nSPS) is 14.4. The molecular formula is C30H26F4N6O4S. The SMILES string of the molecule is CC(C)c1ccc(N(C)C)cc1N1C(=O)CSC1=NC(=O)Nc1ccc(-c2nc(-c3ccc(OC(F)(F)F)cc3)no2)cc1F. The highest BCUT2D eigenvalue weighted by molar-refractivity contribution is 8.15. The molecule has 0 aliphatic carbocycles. The molecule has 0 radical (unpaired) electrons. The van der Waals surface area contributed by atoms with Crippen LogP contribution in [0.1, 0.15) is 25.3 Å². The predicted octanol–water partition coefficient (Wildman–Crippen LogP) is 7.30. The number of ether oxygens (including phenoxy) is 1. The van der Waals surface area contributed by atoms with Gasteiger partial charge in [0.05, 0.1) is 17.1 Å². The van der Waals surface area contributed by atoms with Crippen LogP contribution in [0.3, 0.4) is 0 Å². The molecule has 1 aliphatic heterocycles. The maximum atomic E-state index is 15.1. The molecule has 0 atom stereocenters. The van der Waals surface area contributed by atoms with Crippen molar-refractivity contribution in [1.29, 1.82) is 0 Å². The molecule has 1 aliphatic rings. The lowest BCUT2D eigenvalue weighted by Crippen LogP contribution is -2.31. The Labute approximate surface area is 259 Å². The van der Waals surface area contributed by atoms with Crippen molar-refractivity contribution in [3.63, 3.8) is 0 Å². The number of aliphatic imine (C=N–C) groups is 1. The summed E-state index contributed by atoms with van der Waals surface area (Å²) in [6.45, 7) is 4.00. The average molecular weight is 643 g/mol. The molecule has 1 aromatic heterocycles. The van der Waals surface area contributed by atoms with E-state index in [0.717, 1.165) is 41.2 Å². The minimum absolute atomic E-state index is 0.0575. The number of anilines is 3. The highest BCUT2D eigenvalue weighted by Gasteiger charge is 2.33. The van der Waals surface area contributed by atoms with Crippen molar-refractivity contribution in [2.75, 3.05) is 35.0 Å². The maximum absolute atomic E-state index is 15.1. The number of amides is 3. The van der Waals surface area contributed by atoms with E-state index in [1.807, 2.05) is 51.0 Å². The first-order valence-electron chi connectivity index (χ1n) is 13.5. The van der Waals surface area contributed by atoms with Crippen molar-refractivity contribution in [2.24, 2.45) is 4.99 Å². The van der Waals surface area contributed by atoms with Crippen molar-refractivity contribution in [2.45, 2.75) is 26.1 Å². The van der Waals surface area contributed by atoms with Gasteiger partial charge in [-0.1, -0.05) is 36.8 Å². The summed E-state index contributed by atoms with van der Waals surface area (Å²) in [4.78, 5) is 37.4. The summed E-state index contributed by atoms with van der Waals surface area (Å²) >= 11 is 1.11. The predicted molar refractivity (Wildman–Crippen MR) is 163 cm³/mol. The van der Waals surface area contributed by atoms with Crippen LogP contribution >= 0.6 is 11.8 Å². The van der Waals surface area contributed by atoms with Crippen molar-refractivity contribution in [3.05, 3.63) is 72.0 Å². The minimum Gasteiger partial charge on any atom is -0.406 e. The number of hydrogen-bond acceptors (Lipinski definition) is 8. The smallest absolute Gasteiger partial charge is 0.406 e. The second kappa shape index (κ2) is 12.6. The van der Waals surface area contributed by atoms with Gasteiger partial charge in [-0.2, -0.15) is 9.98 Å². The molecule has 1 fully saturated rings. The van der Waals surface area contributed by atoms with E-state index < -0.39 is 24.0 Å². The summed E-state index contributed by atoms with van der Waals surface area (Å²) in [6.07, 6.45) is -4.83. The molecule has 4 aromatic rings. The number of rotatable bonds is 7. The topological polar surface area (TPSA) is 113 Å². The Morgan fingerprint density at radius 1 is 1.09 bits per heavy atom. The van der Waals surface area contributed by atoms with Gasteiger partial charge in [0, 0.05) is 30.9 Å². The molecule has 5 rings (SSSR count). The third kappa shape index (κ3) is 7.25. The number of carbonyl (C=O) groups is 2. The van der Waals surface area contributed by atoms with Gasteiger partial charge in [0.15, 0.2) is 5.17 Å². The van der Waals surface area contributed by atoms with Gasteiger partial charge in [-0.05, 0) is 66.1 Å². The number of benzene rings is 3. The van der Waals surface area contributed by atoms with Crippen LogP contribution in [0.4, 0.5) is 39.4 Å². The van der Waals surface area contributed by atoms with Gasteiger partial charge in [0.1, 0.15) is 11.6 Å². The standard InChI is InChI=1S/C30H26F4N6O4S/c1-16(2)21-11-8-19(39(3)4)14-24(21)40-25(41)15-45-29(40)37-28(42)35-23-12-7-18(13-22(23)31)27-36-26(38-44-27)17-5-9-20(10-6-17)43-30(32,33)34/h5-14,16H,15H2,1-4H3,(H,35,42). The number of hydrogen-bond donors (Lipinski definition) is 1. The van der Waals surface area contributed by atoms with Gasteiger partial charge in [-0.3, -0.25) is 9.69 Å². The van der Waals surface area contributed by atoms with E-state index in [9.17, 15) is 22.8 Å². The van der Waals surface area contributed by atoms with Gasteiger partial charge >= 0.3 is 12.4 Å². The number of nitrogens with one attached hydrogen (secondary N) is 1. The molecule has 3 aromatic carbocycles. The van der Waals surface area contributed by atoms with Crippen LogP contribution in [0.25, 0.3) is 22.8 Å². The van der Waals surface area contributed by atoms with Crippen molar-refractivity contribution >= 4 is 45.9 Å². The first kappa shape index (κ1) is 31.5. The summed E-state index contributed by atoms with van der Waals surface area (Å²) < 4.78 is 61.3.